The van der Waals surface area contributed by atoms with E-state index in [2.05, 4.69) is 4.72 Å². The number of nitrogens with zero attached hydrogens (tertiary/aromatic N) is 1. The molecule has 25 heavy (non-hydrogen) atoms. The maximum absolute atomic E-state index is 12.3. The number of halogens is 1. The molecule has 2 aromatic rings. The largest absolute Gasteiger partial charge is 0.311 e. The van der Waals surface area contributed by atoms with Gasteiger partial charge in [-0.1, -0.05) is 23.7 Å². The average Bonchev–Trinajstić information content (AvgIpc) is 2.54. The number of anilines is 1. The number of carbonyl (C=O) groups is 1. The molecule has 2 aromatic carbocycles. The molecule has 2 rings (SSSR count). The lowest BCUT2D eigenvalue weighted by molar-refractivity contribution is -0.116. The maximum atomic E-state index is 12.3. The first-order valence-corrected chi connectivity index (χ1v) is 9.67. The summed E-state index contributed by atoms with van der Waals surface area (Å²) in [5, 5.41) is 0.469. The van der Waals surface area contributed by atoms with Gasteiger partial charge >= 0.3 is 0 Å². The number of sulfonamides is 1. The molecule has 1 N–H and O–H groups in total. The van der Waals surface area contributed by atoms with Gasteiger partial charge in [-0.2, -0.15) is 0 Å². The minimum atomic E-state index is -3.65. The first kappa shape index (κ1) is 19.4. The molecule has 0 aliphatic heterocycles. The fraction of sp³-hybridized carbons (Fsp3) is 0.278. The number of hydrogen-bond acceptors (Lipinski definition) is 3. The van der Waals surface area contributed by atoms with Crippen LogP contribution in [0.3, 0.4) is 0 Å². The second-order valence-corrected chi connectivity index (χ2v) is 8.02. The minimum absolute atomic E-state index is 0.109. The van der Waals surface area contributed by atoms with Crippen LogP contribution in [0.15, 0.2) is 47.4 Å². The SMILES string of the molecule is CC(=O)N(CCNS(=O)(=O)c1ccc(Cl)cc1)c1cc(C)ccc1C. The summed E-state index contributed by atoms with van der Waals surface area (Å²) < 4.78 is 27.1. The molecule has 1 amide bonds. The molecule has 134 valence electrons. The molecule has 0 atom stereocenters. The number of nitrogens with one attached hydrogen (secondary N) is 1. The van der Waals surface area contributed by atoms with Gasteiger partial charge in [-0.3, -0.25) is 4.79 Å². The zero-order chi connectivity index (χ0) is 18.6. The second-order valence-electron chi connectivity index (χ2n) is 5.81. The number of hydrogen-bond donors (Lipinski definition) is 1. The van der Waals surface area contributed by atoms with Crippen LogP contribution in [-0.2, 0) is 14.8 Å². The van der Waals surface area contributed by atoms with E-state index in [1.807, 2.05) is 32.0 Å². The normalized spacial score (nSPS) is 11.4. The molecule has 0 radical (unpaired) electrons. The van der Waals surface area contributed by atoms with Crippen LogP contribution in [0.1, 0.15) is 18.1 Å². The van der Waals surface area contributed by atoms with Crippen molar-refractivity contribution in [1.29, 1.82) is 0 Å². The highest BCUT2D eigenvalue weighted by molar-refractivity contribution is 7.89. The van der Waals surface area contributed by atoms with Crippen molar-refractivity contribution in [3.05, 3.63) is 58.6 Å². The Morgan fingerprint density at radius 1 is 1.12 bits per heavy atom. The van der Waals surface area contributed by atoms with Crippen LogP contribution < -0.4 is 9.62 Å². The number of amides is 1. The molecule has 0 fully saturated rings. The van der Waals surface area contributed by atoms with Crippen molar-refractivity contribution in [2.75, 3.05) is 18.0 Å². The highest BCUT2D eigenvalue weighted by atomic mass is 35.5. The molecule has 0 bridgehead atoms. The Morgan fingerprint density at radius 3 is 2.36 bits per heavy atom. The molecule has 5 nitrogen and oxygen atoms in total. The van der Waals surface area contributed by atoms with Gasteiger partial charge in [0.1, 0.15) is 0 Å². The van der Waals surface area contributed by atoms with Crippen LogP contribution in [-0.4, -0.2) is 27.4 Å². The van der Waals surface area contributed by atoms with E-state index in [4.69, 9.17) is 11.6 Å². The van der Waals surface area contributed by atoms with E-state index in [9.17, 15) is 13.2 Å². The maximum Gasteiger partial charge on any atom is 0.240 e. The summed E-state index contributed by atoms with van der Waals surface area (Å²) in [6.45, 7) is 5.69. The Balaban J connectivity index is 2.10. The fourth-order valence-electron chi connectivity index (χ4n) is 2.45. The van der Waals surface area contributed by atoms with Gasteiger partial charge in [0.15, 0.2) is 0 Å². The van der Waals surface area contributed by atoms with Crippen LogP contribution in [0.2, 0.25) is 5.02 Å². The Labute approximate surface area is 153 Å². The number of benzene rings is 2. The fourth-order valence-corrected chi connectivity index (χ4v) is 3.59. The van der Waals surface area contributed by atoms with Crippen LogP contribution in [0, 0.1) is 13.8 Å². The third-order valence-corrected chi connectivity index (χ3v) is 5.52. The van der Waals surface area contributed by atoms with Crippen molar-refractivity contribution < 1.29 is 13.2 Å². The third kappa shape index (κ3) is 5.04. The van der Waals surface area contributed by atoms with Gasteiger partial charge in [-0.05, 0) is 55.3 Å². The summed E-state index contributed by atoms with van der Waals surface area (Å²) in [6, 6.07) is 11.8. The zero-order valence-electron chi connectivity index (χ0n) is 14.4. The van der Waals surface area contributed by atoms with Gasteiger partial charge < -0.3 is 4.90 Å². The third-order valence-electron chi connectivity index (χ3n) is 3.79. The van der Waals surface area contributed by atoms with E-state index in [1.165, 1.54) is 31.2 Å². The summed E-state index contributed by atoms with van der Waals surface area (Å²) in [5.41, 5.74) is 2.79. The van der Waals surface area contributed by atoms with Gasteiger partial charge in [-0.15, -0.1) is 0 Å². The van der Waals surface area contributed by atoms with Gasteiger partial charge in [-0.25, -0.2) is 13.1 Å². The van der Waals surface area contributed by atoms with Crippen LogP contribution in [0.25, 0.3) is 0 Å². The monoisotopic (exact) mass is 380 g/mol. The molecule has 0 heterocycles. The highest BCUT2D eigenvalue weighted by Gasteiger charge is 2.17. The van der Waals surface area contributed by atoms with Gasteiger partial charge in [0.25, 0.3) is 0 Å². The van der Waals surface area contributed by atoms with Gasteiger partial charge in [0, 0.05) is 30.7 Å². The van der Waals surface area contributed by atoms with Crippen LogP contribution >= 0.6 is 11.6 Å². The highest BCUT2D eigenvalue weighted by Crippen LogP contribution is 2.21. The van der Waals surface area contributed by atoms with Crippen molar-refractivity contribution in [3.63, 3.8) is 0 Å². The molecule has 0 unspecified atom stereocenters. The summed E-state index contributed by atoms with van der Waals surface area (Å²) >= 11 is 5.78. The van der Waals surface area contributed by atoms with Crippen molar-refractivity contribution in [3.8, 4) is 0 Å². The molecule has 7 heteroatoms. The number of carbonyl (C=O) groups excluding carboxylic acids is 1. The van der Waals surface area contributed by atoms with Gasteiger partial charge in [0.05, 0.1) is 4.90 Å². The summed E-state index contributed by atoms with van der Waals surface area (Å²) in [5.74, 6) is -0.139. The number of aryl methyl sites for hydroxylation is 2. The van der Waals surface area contributed by atoms with E-state index in [0.29, 0.717) is 5.02 Å². The predicted molar refractivity (Wildman–Crippen MR) is 101 cm³/mol. The van der Waals surface area contributed by atoms with E-state index in [0.717, 1.165) is 16.8 Å². The van der Waals surface area contributed by atoms with Crippen molar-refractivity contribution in [2.24, 2.45) is 0 Å². The van der Waals surface area contributed by atoms with Crippen molar-refractivity contribution in [1.82, 2.24) is 4.72 Å². The first-order chi connectivity index (χ1) is 11.7. The second kappa shape index (κ2) is 7.99. The van der Waals surface area contributed by atoms with E-state index < -0.39 is 10.0 Å². The Kier molecular flexibility index (Phi) is 6.21. The predicted octanol–water partition coefficient (Wildman–Crippen LogP) is 3.29. The van der Waals surface area contributed by atoms with Gasteiger partial charge in [0.2, 0.25) is 15.9 Å². The Hall–Kier alpha value is -1.89. The van der Waals surface area contributed by atoms with Crippen molar-refractivity contribution in [2.45, 2.75) is 25.7 Å². The molecular formula is C18H21ClN2O3S. The lowest BCUT2D eigenvalue weighted by Gasteiger charge is -2.23. The Morgan fingerprint density at radius 2 is 1.76 bits per heavy atom. The van der Waals surface area contributed by atoms with E-state index in [-0.39, 0.29) is 23.9 Å². The number of rotatable bonds is 6. The smallest absolute Gasteiger partial charge is 0.240 e. The molecular weight excluding hydrogens is 360 g/mol. The molecule has 0 spiro atoms. The van der Waals surface area contributed by atoms with Crippen LogP contribution in [0.4, 0.5) is 5.69 Å². The summed E-state index contributed by atoms with van der Waals surface area (Å²) in [7, 11) is -3.65. The minimum Gasteiger partial charge on any atom is -0.311 e. The molecule has 0 aliphatic carbocycles. The molecule has 0 aliphatic rings. The molecule has 0 saturated heterocycles. The standard InChI is InChI=1S/C18H21ClN2O3S/c1-13-4-5-14(2)18(12-13)21(15(3)22)11-10-20-25(23,24)17-8-6-16(19)7-9-17/h4-9,12,20H,10-11H2,1-3H3. The summed E-state index contributed by atoms with van der Waals surface area (Å²) in [4.78, 5) is 13.7. The van der Waals surface area contributed by atoms with E-state index in [1.54, 1.807) is 4.90 Å². The average molecular weight is 381 g/mol. The Bertz CT molecular complexity index is 864. The first-order valence-electron chi connectivity index (χ1n) is 7.81. The molecule has 0 saturated carbocycles. The van der Waals surface area contributed by atoms with Crippen molar-refractivity contribution >= 4 is 33.2 Å². The van der Waals surface area contributed by atoms with E-state index >= 15 is 0 Å². The summed E-state index contributed by atoms with van der Waals surface area (Å²) in [6.07, 6.45) is 0. The topological polar surface area (TPSA) is 66.5 Å². The lowest BCUT2D eigenvalue weighted by Crippen LogP contribution is -2.38. The molecule has 0 aromatic heterocycles. The zero-order valence-corrected chi connectivity index (χ0v) is 16.0. The lowest BCUT2D eigenvalue weighted by atomic mass is 10.1. The quantitative estimate of drug-likeness (QED) is 0.836. The van der Waals surface area contributed by atoms with Crippen LogP contribution in [0.5, 0.6) is 0 Å².